The van der Waals surface area contributed by atoms with Gasteiger partial charge in [-0.1, -0.05) is 13.8 Å². The smallest absolute Gasteiger partial charge is 0.0594 e. The Balaban J connectivity index is 1.69. The van der Waals surface area contributed by atoms with Gasteiger partial charge in [-0.2, -0.15) is 0 Å². The molecule has 4 nitrogen and oxygen atoms in total. The number of morpholine rings is 1. The van der Waals surface area contributed by atoms with E-state index >= 15 is 0 Å². The Morgan fingerprint density at radius 2 is 2.05 bits per heavy atom. The molecule has 0 saturated carbocycles. The standard InChI is InChI=1S/C16H27N3O/c1-16(2)11-14(17)13-3-4-19(15(13)12-16)6-5-18-7-9-20-10-8-18/h3-4,14H,5-12,17H2,1-2H3. The zero-order valence-corrected chi connectivity index (χ0v) is 12.8. The molecule has 2 aliphatic rings. The van der Waals surface area contributed by atoms with E-state index in [1.165, 1.54) is 11.3 Å². The van der Waals surface area contributed by atoms with Crippen LogP contribution in [0.4, 0.5) is 0 Å². The molecule has 0 amide bonds. The molecule has 1 aromatic heterocycles. The second-order valence-corrected chi connectivity index (χ2v) is 7.02. The molecule has 4 heteroatoms. The molecule has 20 heavy (non-hydrogen) atoms. The molecule has 1 aromatic rings. The quantitative estimate of drug-likeness (QED) is 0.916. The number of nitrogens with two attached hydrogens (primary N) is 1. The lowest BCUT2D eigenvalue weighted by Crippen LogP contribution is -2.38. The Morgan fingerprint density at radius 3 is 2.80 bits per heavy atom. The molecular weight excluding hydrogens is 250 g/mol. The number of ether oxygens (including phenoxy) is 1. The van der Waals surface area contributed by atoms with Crippen LogP contribution in [0.15, 0.2) is 12.3 Å². The number of aromatic nitrogens is 1. The van der Waals surface area contributed by atoms with Crippen LogP contribution in [0.25, 0.3) is 0 Å². The number of nitrogens with zero attached hydrogens (tertiary/aromatic N) is 2. The second kappa shape index (κ2) is 5.51. The fraction of sp³-hybridized carbons (Fsp3) is 0.750. The molecule has 112 valence electrons. The molecule has 0 aromatic carbocycles. The van der Waals surface area contributed by atoms with Crippen LogP contribution in [-0.4, -0.2) is 42.3 Å². The second-order valence-electron chi connectivity index (χ2n) is 7.02. The minimum Gasteiger partial charge on any atom is -0.379 e. The van der Waals surface area contributed by atoms with Gasteiger partial charge in [0, 0.05) is 44.1 Å². The van der Waals surface area contributed by atoms with E-state index in [0.717, 1.165) is 52.2 Å². The summed E-state index contributed by atoms with van der Waals surface area (Å²) in [5.41, 5.74) is 9.48. The van der Waals surface area contributed by atoms with Crippen LogP contribution < -0.4 is 5.73 Å². The van der Waals surface area contributed by atoms with Crippen LogP contribution in [-0.2, 0) is 17.7 Å². The maximum absolute atomic E-state index is 6.33. The van der Waals surface area contributed by atoms with Crippen LogP contribution in [0, 0.1) is 5.41 Å². The average Bonchev–Trinajstić information content (AvgIpc) is 2.79. The van der Waals surface area contributed by atoms with E-state index in [-0.39, 0.29) is 6.04 Å². The number of hydrogen-bond donors (Lipinski definition) is 1. The van der Waals surface area contributed by atoms with E-state index in [9.17, 15) is 0 Å². The van der Waals surface area contributed by atoms with E-state index in [4.69, 9.17) is 10.5 Å². The van der Waals surface area contributed by atoms with Crippen molar-refractivity contribution in [2.45, 2.75) is 39.3 Å². The molecule has 2 heterocycles. The highest BCUT2D eigenvalue weighted by molar-refractivity contribution is 5.30. The third-order valence-electron chi connectivity index (χ3n) is 4.69. The van der Waals surface area contributed by atoms with Gasteiger partial charge in [0.15, 0.2) is 0 Å². The molecule has 1 aliphatic heterocycles. The Kier molecular flexibility index (Phi) is 3.89. The largest absolute Gasteiger partial charge is 0.379 e. The van der Waals surface area contributed by atoms with Crippen molar-refractivity contribution in [2.24, 2.45) is 11.1 Å². The van der Waals surface area contributed by atoms with Gasteiger partial charge < -0.3 is 15.0 Å². The van der Waals surface area contributed by atoms with E-state index < -0.39 is 0 Å². The predicted octanol–water partition coefficient (Wildman–Crippen LogP) is 1.79. The van der Waals surface area contributed by atoms with Crippen molar-refractivity contribution < 1.29 is 4.74 Å². The average molecular weight is 277 g/mol. The van der Waals surface area contributed by atoms with Gasteiger partial charge in [-0.25, -0.2) is 0 Å². The van der Waals surface area contributed by atoms with Gasteiger partial charge in [0.25, 0.3) is 0 Å². The van der Waals surface area contributed by atoms with Gasteiger partial charge in [-0.15, -0.1) is 0 Å². The van der Waals surface area contributed by atoms with E-state index in [2.05, 4.69) is 35.6 Å². The van der Waals surface area contributed by atoms with Gasteiger partial charge in [0.2, 0.25) is 0 Å². The molecule has 0 bridgehead atoms. The third-order valence-corrected chi connectivity index (χ3v) is 4.69. The first-order valence-electron chi connectivity index (χ1n) is 7.79. The van der Waals surface area contributed by atoms with Crippen LogP contribution in [0.2, 0.25) is 0 Å². The third kappa shape index (κ3) is 2.92. The Hall–Kier alpha value is -0.840. The van der Waals surface area contributed by atoms with Crippen molar-refractivity contribution in [2.75, 3.05) is 32.8 Å². The number of fused-ring (bicyclic) bond motifs is 1. The molecule has 1 fully saturated rings. The maximum Gasteiger partial charge on any atom is 0.0594 e. The highest BCUT2D eigenvalue weighted by atomic mass is 16.5. The molecule has 1 atom stereocenters. The minimum atomic E-state index is 0.207. The fourth-order valence-corrected chi connectivity index (χ4v) is 3.58. The predicted molar refractivity (Wildman–Crippen MR) is 80.7 cm³/mol. The summed E-state index contributed by atoms with van der Waals surface area (Å²) in [7, 11) is 0. The molecule has 1 unspecified atom stereocenters. The van der Waals surface area contributed by atoms with Crippen LogP contribution in [0.3, 0.4) is 0 Å². The van der Waals surface area contributed by atoms with Crippen molar-refractivity contribution in [1.82, 2.24) is 9.47 Å². The molecule has 0 radical (unpaired) electrons. The van der Waals surface area contributed by atoms with Crippen molar-refractivity contribution in [1.29, 1.82) is 0 Å². The normalized spacial score (nSPS) is 26.4. The van der Waals surface area contributed by atoms with E-state index in [1.54, 1.807) is 0 Å². The molecule has 1 aliphatic carbocycles. The van der Waals surface area contributed by atoms with Crippen LogP contribution in [0.1, 0.15) is 37.6 Å². The summed E-state index contributed by atoms with van der Waals surface area (Å²) >= 11 is 0. The number of rotatable bonds is 3. The highest BCUT2D eigenvalue weighted by Crippen LogP contribution is 2.39. The first-order chi connectivity index (χ1) is 9.55. The SMILES string of the molecule is CC1(C)Cc2c(ccn2CCN2CCOCC2)C(N)C1. The minimum absolute atomic E-state index is 0.207. The summed E-state index contributed by atoms with van der Waals surface area (Å²) in [6.45, 7) is 10.7. The first kappa shape index (κ1) is 14.1. The molecule has 0 spiro atoms. The van der Waals surface area contributed by atoms with E-state index in [1.807, 2.05) is 0 Å². The summed E-state index contributed by atoms with van der Waals surface area (Å²) < 4.78 is 7.83. The lowest BCUT2D eigenvalue weighted by molar-refractivity contribution is 0.0362. The maximum atomic E-state index is 6.33. The lowest BCUT2D eigenvalue weighted by Gasteiger charge is -2.35. The van der Waals surface area contributed by atoms with Gasteiger partial charge in [-0.05, 0) is 29.9 Å². The summed E-state index contributed by atoms with van der Waals surface area (Å²) in [6, 6.07) is 2.44. The first-order valence-corrected chi connectivity index (χ1v) is 7.79. The molecule has 2 N–H and O–H groups in total. The summed E-state index contributed by atoms with van der Waals surface area (Å²) in [5.74, 6) is 0. The molecule has 1 saturated heterocycles. The Bertz CT molecular complexity index is 460. The zero-order chi connectivity index (χ0) is 14.2. The number of hydrogen-bond acceptors (Lipinski definition) is 3. The monoisotopic (exact) mass is 277 g/mol. The van der Waals surface area contributed by atoms with E-state index in [0.29, 0.717) is 5.41 Å². The molecule has 3 rings (SSSR count). The van der Waals surface area contributed by atoms with Crippen molar-refractivity contribution in [3.63, 3.8) is 0 Å². The Labute approximate surface area is 121 Å². The van der Waals surface area contributed by atoms with Gasteiger partial charge in [0.05, 0.1) is 13.2 Å². The van der Waals surface area contributed by atoms with Crippen molar-refractivity contribution in [3.8, 4) is 0 Å². The molecular formula is C16H27N3O. The summed E-state index contributed by atoms with van der Waals surface area (Å²) in [5, 5.41) is 0. The van der Waals surface area contributed by atoms with Gasteiger partial charge in [-0.3, -0.25) is 4.90 Å². The Morgan fingerprint density at radius 1 is 1.30 bits per heavy atom. The van der Waals surface area contributed by atoms with Crippen LogP contribution in [0.5, 0.6) is 0 Å². The fourth-order valence-electron chi connectivity index (χ4n) is 3.58. The van der Waals surface area contributed by atoms with Crippen LogP contribution >= 0.6 is 0 Å². The summed E-state index contributed by atoms with van der Waals surface area (Å²) in [4.78, 5) is 2.49. The lowest BCUT2D eigenvalue weighted by atomic mass is 9.74. The summed E-state index contributed by atoms with van der Waals surface area (Å²) in [6.07, 6.45) is 4.46. The highest BCUT2D eigenvalue weighted by Gasteiger charge is 2.32. The zero-order valence-electron chi connectivity index (χ0n) is 12.8. The van der Waals surface area contributed by atoms with Gasteiger partial charge in [0.1, 0.15) is 0 Å². The van der Waals surface area contributed by atoms with Crippen molar-refractivity contribution >= 4 is 0 Å². The van der Waals surface area contributed by atoms with Gasteiger partial charge >= 0.3 is 0 Å². The van der Waals surface area contributed by atoms with Crippen molar-refractivity contribution in [3.05, 3.63) is 23.5 Å². The topological polar surface area (TPSA) is 43.4 Å².